The average Bonchev–Trinajstić information content (AvgIpc) is 2.99. The van der Waals surface area contributed by atoms with Crippen molar-refractivity contribution in [2.45, 2.75) is 19.2 Å². The van der Waals surface area contributed by atoms with Crippen LogP contribution in [0.4, 0.5) is 0 Å². The van der Waals surface area contributed by atoms with Gasteiger partial charge in [0.2, 0.25) is 0 Å². The molecule has 0 saturated heterocycles. The predicted octanol–water partition coefficient (Wildman–Crippen LogP) is 2.81. The van der Waals surface area contributed by atoms with Crippen LogP contribution in [0.3, 0.4) is 0 Å². The van der Waals surface area contributed by atoms with Crippen molar-refractivity contribution in [3.8, 4) is 0 Å². The molecule has 112 valence electrons. The van der Waals surface area contributed by atoms with E-state index in [1.165, 1.54) is 5.56 Å². The zero-order chi connectivity index (χ0) is 15.1. The van der Waals surface area contributed by atoms with Crippen molar-refractivity contribution in [3.05, 3.63) is 53.9 Å². The lowest BCUT2D eigenvalue weighted by Gasteiger charge is -2.13. The molecule has 1 N–H and O–H groups in total. The van der Waals surface area contributed by atoms with Crippen LogP contribution in [0.1, 0.15) is 22.8 Å². The van der Waals surface area contributed by atoms with Crippen LogP contribution < -0.4 is 5.32 Å². The van der Waals surface area contributed by atoms with Gasteiger partial charge in [0.1, 0.15) is 0 Å². The molecule has 1 aromatic heterocycles. The molecule has 4 nitrogen and oxygen atoms in total. The van der Waals surface area contributed by atoms with Crippen molar-refractivity contribution < 1.29 is 4.79 Å². The number of benzene rings is 1. The van der Waals surface area contributed by atoms with Gasteiger partial charge in [-0.05, 0) is 35.9 Å². The lowest BCUT2D eigenvalue weighted by atomic mass is 10.1. The molecule has 1 unspecified atom stereocenters. The Balaban J connectivity index is 1.80. The zero-order valence-electron chi connectivity index (χ0n) is 12.5. The van der Waals surface area contributed by atoms with E-state index >= 15 is 0 Å². The Morgan fingerprint density at radius 2 is 2.14 bits per heavy atom. The Hall–Kier alpha value is -1.75. The number of hydrogen-bond acceptors (Lipinski definition) is 3. The van der Waals surface area contributed by atoms with Crippen molar-refractivity contribution in [3.63, 3.8) is 0 Å². The maximum atomic E-state index is 12.1. The van der Waals surface area contributed by atoms with Crippen LogP contribution in [0.2, 0.25) is 0 Å². The highest BCUT2D eigenvalue weighted by Gasteiger charge is 2.08. The van der Waals surface area contributed by atoms with Gasteiger partial charge in [-0.1, -0.05) is 19.1 Å². The van der Waals surface area contributed by atoms with Gasteiger partial charge in [-0.25, -0.2) is 0 Å². The van der Waals surface area contributed by atoms with E-state index in [0.717, 1.165) is 12.3 Å². The van der Waals surface area contributed by atoms with Crippen molar-refractivity contribution in [2.75, 3.05) is 12.8 Å². The van der Waals surface area contributed by atoms with Crippen LogP contribution in [-0.2, 0) is 12.3 Å². The molecule has 0 aliphatic heterocycles. The highest BCUT2D eigenvalue weighted by atomic mass is 32.2. The average molecular weight is 303 g/mol. The molecule has 2 rings (SSSR count). The number of carbonyl (C=O) groups is 1. The van der Waals surface area contributed by atoms with E-state index in [2.05, 4.69) is 23.6 Å². The molecular weight excluding hydrogens is 282 g/mol. The Labute approximate surface area is 129 Å². The minimum Gasteiger partial charge on any atom is -0.352 e. The Bertz CT molecular complexity index is 551. The van der Waals surface area contributed by atoms with Crippen LogP contribution in [0.25, 0.3) is 0 Å². The van der Waals surface area contributed by atoms with Crippen molar-refractivity contribution in [1.29, 1.82) is 0 Å². The third kappa shape index (κ3) is 4.93. The van der Waals surface area contributed by atoms with Gasteiger partial charge in [0, 0.05) is 36.8 Å². The molecule has 0 aliphatic carbocycles. The van der Waals surface area contributed by atoms with Gasteiger partial charge in [-0.3, -0.25) is 9.48 Å². The molecule has 1 amide bonds. The largest absolute Gasteiger partial charge is 0.352 e. The van der Waals surface area contributed by atoms with Crippen molar-refractivity contribution in [2.24, 2.45) is 5.92 Å². The van der Waals surface area contributed by atoms with Crippen LogP contribution in [0.5, 0.6) is 0 Å². The highest BCUT2D eigenvalue weighted by molar-refractivity contribution is 7.97. The van der Waals surface area contributed by atoms with E-state index in [-0.39, 0.29) is 5.91 Å². The normalized spacial score (nSPS) is 12.1. The summed E-state index contributed by atoms with van der Waals surface area (Å²) in [5.41, 5.74) is 1.96. The number of aromatic nitrogens is 2. The van der Waals surface area contributed by atoms with Crippen molar-refractivity contribution in [1.82, 2.24) is 15.1 Å². The second-order valence-electron chi connectivity index (χ2n) is 5.17. The quantitative estimate of drug-likeness (QED) is 0.855. The topological polar surface area (TPSA) is 46.9 Å². The Morgan fingerprint density at radius 1 is 1.38 bits per heavy atom. The summed E-state index contributed by atoms with van der Waals surface area (Å²) in [4.78, 5) is 12.1. The number of amides is 1. The van der Waals surface area contributed by atoms with Crippen molar-refractivity contribution >= 4 is 17.7 Å². The number of nitrogens with zero attached hydrogens (tertiary/aromatic N) is 2. The Kier molecular flexibility index (Phi) is 5.87. The minimum absolute atomic E-state index is 0.0157. The molecule has 5 heteroatoms. The number of carbonyl (C=O) groups excluding carboxylic acids is 1. The molecule has 0 aliphatic rings. The molecular formula is C16H21N3OS. The Morgan fingerprint density at radius 3 is 2.76 bits per heavy atom. The highest BCUT2D eigenvalue weighted by Crippen LogP contribution is 2.10. The molecule has 0 bridgehead atoms. The molecule has 0 radical (unpaired) electrons. The van der Waals surface area contributed by atoms with Crippen LogP contribution in [-0.4, -0.2) is 28.5 Å². The van der Waals surface area contributed by atoms with E-state index in [0.29, 0.717) is 18.0 Å². The second kappa shape index (κ2) is 7.88. The predicted molar refractivity (Wildman–Crippen MR) is 87.4 cm³/mol. The van der Waals surface area contributed by atoms with Crippen LogP contribution in [0.15, 0.2) is 42.7 Å². The van der Waals surface area contributed by atoms with E-state index in [1.807, 2.05) is 41.2 Å². The fourth-order valence-electron chi connectivity index (χ4n) is 2.08. The summed E-state index contributed by atoms with van der Waals surface area (Å²) < 4.78 is 1.88. The lowest BCUT2D eigenvalue weighted by Crippen LogP contribution is -2.30. The molecule has 1 heterocycles. The zero-order valence-corrected chi connectivity index (χ0v) is 13.3. The van der Waals surface area contributed by atoms with Gasteiger partial charge in [0.15, 0.2) is 0 Å². The van der Waals surface area contributed by atoms with Gasteiger partial charge in [-0.2, -0.15) is 16.9 Å². The van der Waals surface area contributed by atoms with Gasteiger partial charge < -0.3 is 5.32 Å². The SMILES string of the molecule is CSCc1ccc(C(=O)NCC(C)Cn2cccn2)cc1. The standard InChI is InChI=1S/C16H21N3OS/c1-13(11-19-9-3-8-18-19)10-17-16(20)15-6-4-14(5-7-15)12-21-2/h3-9,13H,10-12H2,1-2H3,(H,17,20). The first kappa shape index (κ1) is 15.6. The van der Waals surface area contributed by atoms with Crippen LogP contribution >= 0.6 is 11.8 Å². The molecule has 0 spiro atoms. The molecule has 21 heavy (non-hydrogen) atoms. The maximum Gasteiger partial charge on any atom is 0.251 e. The van der Waals surface area contributed by atoms with Gasteiger partial charge in [0.25, 0.3) is 5.91 Å². The van der Waals surface area contributed by atoms with Gasteiger partial charge >= 0.3 is 0 Å². The maximum absolute atomic E-state index is 12.1. The minimum atomic E-state index is -0.0157. The molecule has 0 fully saturated rings. The second-order valence-corrected chi connectivity index (χ2v) is 6.04. The number of thioether (sulfide) groups is 1. The van der Waals surface area contributed by atoms with Gasteiger partial charge in [-0.15, -0.1) is 0 Å². The van der Waals surface area contributed by atoms with E-state index in [9.17, 15) is 4.79 Å². The monoisotopic (exact) mass is 303 g/mol. The fraction of sp³-hybridized carbons (Fsp3) is 0.375. The summed E-state index contributed by atoms with van der Waals surface area (Å²) in [6, 6.07) is 9.71. The molecule has 1 aromatic carbocycles. The smallest absolute Gasteiger partial charge is 0.251 e. The first-order chi connectivity index (χ1) is 10.2. The first-order valence-electron chi connectivity index (χ1n) is 7.02. The molecule has 1 atom stereocenters. The summed E-state index contributed by atoms with van der Waals surface area (Å²) in [6.07, 6.45) is 5.77. The molecule has 2 aromatic rings. The summed E-state index contributed by atoms with van der Waals surface area (Å²) in [5.74, 6) is 1.30. The summed E-state index contributed by atoms with van der Waals surface area (Å²) in [5, 5.41) is 7.15. The number of hydrogen-bond donors (Lipinski definition) is 1. The van der Waals surface area contributed by atoms with E-state index in [1.54, 1.807) is 18.0 Å². The van der Waals surface area contributed by atoms with Gasteiger partial charge in [0.05, 0.1) is 0 Å². The first-order valence-corrected chi connectivity index (χ1v) is 8.42. The van der Waals surface area contributed by atoms with E-state index in [4.69, 9.17) is 0 Å². The number of nitrogens with one attached hydrogen (secondary N) is 1. The fourth-order valence-corrected chi connectivity index (χ4v) is 2.61. The summed E-state index contributed by atoms with van der Waals surface area (Å²) >= 11 is 1.78. The van der Waals surface area contributed by atoms with Crippen LogP contribution in [0, 0.1) is 5.92 Å². The third-order valence-electron chi connectivity index (χ3n) is 3.20. The molecule has 0 saturated carbocycles. The third-order valence-corrected chi connectivity index (χ3v) is 3.82. The number of rotatable bonds is 7. The summed E-state index contributed by atoms with van der Waals surface area (Å²) in [7, 11) is 0. The summed E-state index contributed by atoms with van der Waals surface area (Å²) in [6.45, 7) is 3.55. The van der Waals surface area contributed by atoms with E-state index < -0.39 is 0 Å². The lowest BCUT2D eigenvalue weighted by molar-refractivity contribution is 0.0946.